The smallest absolute Gasteiger partial charge is 0.342 e. The summed E-state index contributed by atoms with van der Waals surface area (Å²) in [6.07, 6.45) is -1.15. The molecule has 4 nitrogen and oxygen atoms in total. The van der Waals surface area contributed by atoms with Gasteiger partial charge in [-0.05, 0) is 5.56 Å². The lowest BCUT2D eigenvalue weighted by Crippen LogP contribution is -2.26. The minimum absolute atomic E-state index is 0.146. The van der Waals surface area contributed by atoms with Crippen molar-refractivity contribution in [3.8, 4) is 0 Å². The summed E-state index contributed by atoms with van der Waals surface area (Å²) in [5.74, 6) is -1.63. The zero-order chi connectivity index (χ0) is 11.3. The van der Waals surface area contributed by atoms with Gasteiger partial charge >= 0.3 is 11.9 Å². The minimum atomic E-state index is -1.30. The van der Waals surface area contributed by atoms with Crippen LogP contribution in [-0.4, -0.2) is 23.1 Å². The third-order valence-electron chi connectivity index (χ3n) is 1.79. The second kappa shape index (κ2) is 5.26. The van der Waals surface area contributed by atoms with E-state index in [0.717, 1.165) is 12.5 Å². The van der Waals surface area contributed by atoms with E-state index in [0.29, 0.717) is 0 Å². The summed E-state index contributed by atoms with van der Waals surface area (Å²) >= 11 is 0. The van der Waals surface area contributed by atoms with Crippen LogP contribution in [0.1, 0.15) is 12.5 Å². The van der Waals surface area contributed by atoms with E-state index < -0.39 is 18.0 Å². The van der Waals surface area contributed by atoms with Crippen molar-refractivity contribution in [2.45, 2.75) is 19.4 Å². The molecular formula is C11H12O4. The molecule has 0 amide bonds. The number of hydrogen-bond acceptors (Lipinski definition) is 4. The van der Waals surface area contributed by atoms with E-state index in [1.54, 1.807) is 24.3 Å². The third kappa shape index (κ3) is 3.91. The second-order valence-corrected chi connectivity index (χ2v) is 3.12. The van der Waals surface area contributed by atoms with Crippen LogP contribution >= 0.6 is 0 Å². The third-order valence-corrected chi connectivity index (χ3v) is 1.79. The molecule has 0 radical (unpaired) electrons. The van der Waals surface area contributed by atoms with Crippen molar-refractivity contribution in [1.82, 2.24) is 0 Å². The molecule has 0 fully saturated rings. The first kappa shape index (κ1) is 11.4. The van der Waals surface area contributed by atoms with Crippen molar-refractivity contribution in [1.29, 1.82) is 0 Å². The van der Waals surface area contributed by atoms with Gasteiger partial charge in [-0.15, -0.1) is 0 Å². The van der Waals surface area contributed by atoms with Gasteiger partial charge in [0.15, 0.2) is 6.10 Å². The molecule has 0 aliphatic heterocycles. The number of carbonyl (C=O) groups excluding carboxylic acids is 2. The van der Waals surface area contributed by atoms with Gasteiger partial charge in [0.1, 0.15) is 0 Å². The van der Waals surface area contributed by atoms with Crippen LogP contribution in [0, 0.1) is 0 Å². The molecule has 80 valence electrons. The first-order chi connectivity index (χ1) is 7.09. The predicted octanol–water partition coefficient (Wildman–Crippen LogP) is 0.680. The molecule has 0 aromatic heterocycles. The van der Waals surface area contributed by atoms with E-state index in [2.05, 4.69) is 4.74 Å². The largest absolute Gasteiger partial charge is 0.391 e. The molecule has 1 N–H and O–H groups in total. The molecule has 1 atom stereocenters. The molecule has 0 saturated carbocycles. The lowest BCUT2D eigenvalue weighted by molar-refractivity contribution is -0.164. The molecule has 15 heavy (non-hydrogen) atoms. The number of carbonyl (C=O) groups is 2. The second-order valence-electron chi connectivity index (χ2n) is 3.12. The summed E-state index contributed by atoms with van der Waals surface area (Å²) in [5, 5.41) is 9.39. The molecule has 0 aliphatic rings. The van der Waals surface area contributed by atoms with Gasteiger partial charge in [-0.2, -0.15) is 0 Å². The molecule has 1 aromatic carbocycles. The Hall–Kier alpha value is -1.68. The van der Waals surface area contributed by atoms with E-state index >= 15 is 0 Å². The highest BCUT2D eigenvalue weighted by Crippen LogP contribution is 2.04. The van der Waals surface area contributed by atoms with Crippen molar-refractivity contribution in [2.24, 2.45) is 0 Å². The molecule has 1 rings (SSSR count). The van der Waals surface area contributed by atoms with Crippen LogP contribution in [0.25, 0.3) is 0 Å². The molecule has 0 spiro atoms. The molecule has 0 bridgehead atoms. The van der Waals surface area contributed by atoms with Gasteiger partial charge in [-0.25, -0.2) is 4.79 Å². The lowest BCUT2D eigenvalue weighted by atomic mass is 10.1. The van der Waals surface area contributed by atoms with E-state index in [1.165, 1.54) is 0 Å². The number of ether oxygens (including phenoxy) is 1. The van der Waals surface area contributed by atoms with Gasteiger partial charge in [0, 0.05) is 13.3 Å². The van der Waals surface area contributed by atoms with Crippen molar-refractivity contribution >= 4 is 11.9 Å². The quantitative estimate of drug-likeness (QED) is 0.586. The van der Waals surface area contributed by atoms with E-state index in [1.807, 2.05) is 6.07 Å². The highest BCUT2D eigenvalue weighted by atomic mass is 16.6. The first-order valence-electron chi connectivity index (χ1n) is 4.54. The fourth-order valence-electron chi connectivity index (χ4n) is 1.13. The standard InChI is InChI=1S/C11H12O4/c1-8(12)15-11(14)10(13)7-9-5-3-2-4-6-9/h2-6,10,13H,7H2,1H3/t10-/m0/s1. The Morgan fingerprint density at radius 1 is 1.33 bits per heavy atom. The monoisotopic (exact) mass is 208 g/mol. The van der Waals surface area contributed by atoms with Gasteiger partial charge in [0.2, 0.25) is 0 Å². The van der Waals surface area contributed by atoms with Crippen molar-refractivity contribution in [3.63, 3.8) is 0 Å². The van der Waals surface area contributed by atoms with Gasteiger partial charge < -0.3 is 9.84 Å². The molecular weight excluding hydrogens is 196 g/mol. The van der Waals surface area contributed by atoms with E-state index in [-0.39, 0.29) is 6.42 Å². The highest BCUT2D eigenvalue weighted by molar-refractivity contribution is 5.86. The molecule has 4 heteroatoms. The Bertz CT molecular complexity index is 345. The summed E-state index contributed by atoms with van der Waals surface area (Å²) in [6.45, 7) is 1.12. The molecule has 0 unspecified atom stereocenters. The molecule has 0 saturated heterocycles. The Morgan fingerprint density at radius 2 is 1.93 bits per heavy atom. The van der Waals surface area contributed by atoms with Gasteiger partial charge in [0.25, 0.3) is 0 Å². The van der Waals surface area contributed by atoms with Crippen LogP contribution in [0.4, 0.5) is 0 Å². The topological polar surface area (TPSA) is 63.6 Å². The Morgan fingerprint density at radius 3 is 2.47 bits per heavy atom. The zero-order valence-corrected chi connectivity index (χ0v) is 8.34. The van der Waals surface area contributed by atoms with Gasteiger partial charge in [-0.3, -0.25) is 4.79 Å². The van der Waals surface area contributed by atoms with Crippen LogP contribution in [0.2, 0.25) is 0 Å². The Labute approximate surface area is 87.5 Å². The molecule has 1 aromatic rings. The van der Waals surface area contributed by atoms with Crippen LogP contribution in [0.5, 0.6) is 0 Å². The summed E-state index contributed by atoms with van der Waals surface area (Å²) in [7, 11) is 0. The number of hydrogen-bond donors (Lipinski definition) is 1. The number of aliphatic hydroxyl groups is 1. The Kier molecular flexibility index (Phi) is 4.00. The summed E-state index contributed by atoms with van der Waals surface area (Å²) in [4.78, 5) is 21.5. The maximum Gasteiger partial charge on any atom is 0.342 e. The van der Waals surface area contributed by atoms with E-state index in [9.17, 15) is 14.7 Å². The maximum absolute atomic E-state index is 11.1. The fourth-order valence-corrected chi connectivity index (χ4v) is 1.13. The average molecular weight is 208 g/mol. The number of aliphatic hydroxyl groups excluding tert-OH is 1. The predicted molar refractivity (Wildman–Crippen MR) is 52.9 cm³/mol. The minimum Gasteiger partial charge on any atom is -0.391 e. The zero-order valence-electron chi connectivity index (χ0n) is 8.34. The lowest BCUT2D eigenvalue weighted by Gasteiger charge is -2.08. The number of esters is 2. The average Bonchev–Trinajstić information content (AvgIpc) is 2.18. The van der Waals surface area contributed by atoms with Gasteiger partial charge in [0.05, 0.1) is 0 Å². The molecule has 0 heterocycles. The highest BCUT2D eigenvalue weighted by Gasteiger charge is 2.18. The van der Waals surface area contributed by atoms with Crippen LogP contribution in [0.15, 0.2) is 30.3 Å². The maximum atomic E-state index is 11.1. The summed E-state index contributed by atoms with van der Waals surface area (Å²) in [5.41, 5.74) is 0.811. The fraction of sp³-hybridized carbons (Fsp3) is 0.273. The van der Waals surface area contributed by atoms with Crippen molar-refractivity contribution < 1.29 is 19.4 Å². The van der Waals surface area contributed by atoms with Gasteiger partial charge in [-0.1, -0.05) is 30.3 Å². The summed E-state index contributed by atoms with van der Waals surface area (Å²) in [6, 6.07) is 9.01. The molecule has 0 aliphatic carbocycles. The van der Waals surface area contributed by atoms with Crippen molar-refractivity contribution in [2.75, 3.05) is 0 Å². The first-order valence-corrected chi connectivity index (χ1v) is 4.54. The Balaban J connectivity index is 2.52. The number of rotatable bonds is 3. The van der Waals surface area contributed by atoms with Crippen LogP contribution in [0.3, 0.4) is 0 Å². The van der Waals surface area contributed by atoms with Crippen LogP contribution < -0.4 is 0 Å². The van der Waals surface area contributed by atoms with E-state index in [4.69, 9.17) is 0 Å². The number of benzene rings is 1. The van der Waals surface area contributed by atoms with Crippen molar-refractivity contribution in [3.05, 3.63) is 35.9 Å². The van der Waals surface area contributed by atoms with Crippen LogP contribution in [-0.2, 0) is 20.7 Å². The SMILES string of the molecule is CC(=O)OC(=O)[C@@H](O)Cc1ccccc1. The summed E-state index contributed by atoms with van der Waals surface area (Å²) < 4.78 is 4.26. The normalized spacial score (nSPS) is 11.9.